The molecule has 15 heteroatoms. The van der Waals surface area contributed by atoms with Crippen LogP contribution in [0.5, 0.6) is 5.75 Å². The Morgan fingerprint density at radius 1 is 0.973 bits per heavy atom. The molecular weight excluding hydrogens is 544 g/mol. The van der Waals surface area contributed by atoms with Gasteiger partial charge in [-0.15, -0.1) is 14.3 Å². The van der Waals surface area contributed by atoms with Gasteiger partial charge in [0.25, 0.3) is 15.9 Å². The van der Waals surface area contributed by atoms with Crippen LogP contribution in [0.1, 0.15) is 82.8 Å². The summed E-state index contributed by atoms with van der Waals surface area (Å²) in [6.45, 7) is 13.2. The summed E-state index contributed by atoms with van der Waals surface area (Å²) in [4.78, 5) is 13.6. The Bertz CT molecular complexity index is 1620. The lowest BCUT2D eigenvalue weighted by Gasteiger charge is -2.24. The highest BCUT2D eigenvalue weighted by molar-refractivity contribution is 7.96. The summed E-state index contributed by atoms with van der Waals surface area (Å²) in [5, 5.41) is 5.30. The van der Waals surface area contributed by atoms with E-state index in [1.807, 2.05) is 0 Å². The molecule has 37 heavy (non-hydrogen) atoms. The summed E-state index contributed by atoms with van der Waals surface area (Å²) < 4.78 is 84.0. The van der Waals surface area contributed by atoms with E-state index < -0.39 is 60.0 Å². The molecule has 0 spiro atoms. The van der Waals surface area contributed by atoms with Gasteiger partial charge in [-0.2, -0.15) is 8.42 Å². The number of amides is 1. The predicted octanol–water partition coefficient (Wildman–Crippen LogP) is 2.34. The zero-order valence-corrected chi connectivity index (χ0v) is 24.9. The van der Waals surface area contributed by atoms with Crippen LogP contribution in [0.3, 0.4) is 0 Å². The molecule has 1 aromatic heterocycles. The summed E-state index contributed by atoms with van der Waals surface area (Å²) in [6, 6.07) is 1.19. The second-order valence-electron chi connectivity index (χ2n) is 11.0. The minimum absolute atomic E-state index is 0.162. The molecule has 0 saturated carbocycles. The average molecular weight is 577 g/mol. The molecule has 0 N–H and O–H groups in total. The van der Waals surface area contributed by atoms with Gasteiger partial charge in [-0.3, -0.25) is 4.79 Å². The van der Waals surface area contributed by atoms with Crippen LogP contribution in [0.25, 0.3) is 0 Å². The van der Waals surface area contributed by atoms with Crippen molar-refractivity contribution >= 4 is 35.6 Å². The van der Waals surface area contributed by atoms with Crippen molar-refractivity contribution < 1.29 is 34.8 Å². The maximum atomic E-state index is 13.8. The predicted molar refractivity (Wildman–Crippen MR) is 135 cm³/mol. The number of carbonyl (C=O) groups excluding carboxylic acids is 1. The number of nitrogens with zero attached hydrogens (tertiary/aromatic N) is 4. The molecule has 0 unspecified atom stereocenters. The molecule has 206 valence electrons. The monoisotopic (exact) mass is 576 g/mol. The third kappa shape index (κ3) is 4.05. The van der Waals surface area contributed by atoms with E-state index in [2.05, 4.69) is 10.3 Å². The van der Waals surface area contributed by atoms with E-state index in [1.54, 1.807) is 20.8 Å². The van der Waals surface area contributed by atoms with Gasteiger partial charge in [0.2, 0.25) is 29.7 Å². The number of sulfone groups is 2. The highest BCUT2D eigenvalue weighted by Gasteiger charge is 2.52. The van der Waals surface area contributed by atoms with Gasteiger partial charge in [0, 0.05) is 6.07 Å². The van der Waals surface area contributed by atoms with E-state index in [0.717, 1.165) is 0 Å². The number of ether oxygens (including phenoxy) is 1. The van der Waals surface area contributed by atoms with Crippen LogP contribution in [0.4, 0.5) is 0 Å². The number of benzene rings is 1. The van der Waals surface area contributed by atoms with Crippen LogP contribution in [-0.4, -0.2) is 62.9 Å². The van der Waals surface area contributed by atoms with Crippen molar-refractivity contribution in [2.75, 3.05) is 11.5 Å². The number of hydrogen-bond acceptors (Lipinski definition) is 10. The number of fused-ring (bicyclic) bond motifs is 1. The van der Waals surface area contributed by atoms with Crippen molar-refractivity contribution in [1.82, 2.24) is 15.1 Å². The Balaban J connectivity index is 2.50. The van der Waals surface area contributed by atoms with Crippen LogP contribution in [0.2, 0.25) is 0 Å². The third-order valence-corrected chi connectivity index (χ3v) is 12.8. The van der Waals surface area contributed by atoms with Gasteiger partial charge in [0.05, 0.1) is 22.2 Å². The molecule has 0 fully saturated rings. The SMILES string of the molecule is COc1cc2c(c(C(C)C)c1C)C(=O)N(n1nnc(S(=O)(=O)C(C)(C)C)c1S(=O)(=O)C(C)(C)C)S2(=O)=O. The van der Waals surface area contributed by atoms with Crippen molar-refractivity contribution in [3.05, 3.63) is 22.8 Å². The first-order chi connectivity index (χ1) is 16.5. The fraction of sp³-hybridized carbons (Fsp3) is 0.591. The second-order valence-corrected chi connectivity index (χ2v) is 18.0. The maximum Gasteiger partial charge on any atom is 0.290 e. The lowest BCUT2D eigenvalue weighted by atomic mass is 9.91. The van der Waals surface area contributed by atoms with Crippen molar-refractivity contribution in [1.29, 1.82) is 0 Å². The lowest BCUT2D eigenvalue weighted by molar-refractivity contribution is 0.0979. The Hall–Kier alpha value is -2.52. The Kier molecular flexibility index (Phi) is 6.67. The minimum Gasteiger partial charge on any atom is -0.496 e. The van der Waals surface area contributed by atoms with Crippen LogP contribution < -0.4 is 9.15 Å². The summed E-state index contributed by atoms with van der Waals surface area (Å²) >= 11 is 0. The standard InChI is InChI=1S/C22H32N4O8S3/c1-12(2)16-13(3)14(34-10)11-15-17(16)19(27)26(37(15,32)33)25-20(36(30,31)22(7,8)9)18(23-24-25)35(28,29)21(4,5)6/h11-12H,1-10H3. The van der Waals surface area contributed by atoms with Gasteiger partial charge in [-0.25, -0.2) is 16.8 Å². The Labute approximate surface area is 217 Å². The van der Waals surface area contributed by atoms with Crippen molar-refractivity contribution in [2.24, 2.45) is 0 Å². The first-order valence-electron chi connectivity index (χ1n) is 11.3. The first kappa shape index (κ1) is 29.0. The number of methoxy groups -OCH3 is 1. The molecule has 0 saturated heterocycles. The highest BCUT2D eigenvalue weighted by Crippen LogP contribution is 2.42. The topological polar surface area (TPSA) is 163 Å². The molecule has 1 amide bonds. The van der Waals surface area contributed by atoms with E-state index in [9.17, 15) is 30.0 Å². The van der Waals surface area contributed by atoms with Gasteiger partial charge in [-0.1, -0.05) is 13.8 Å². The molecule has 1 aliphatic rings. The molecule has 3 rings (SSSR count). The highest BCUT2D eigenvalue weighted by atomic mass is 32.2. The molecule has 0 aliphatic carbocycles. The van der Waals surface area contributed by atoms with Gasteiger partial charge < -0.3 is 4.74 Å². The van der Waals surface area contributed by atoms with Gasteiger partial charge in [-0.05, 0) is 70.7 Å². The second kappa shape index (κ2) is 8.50. The van der Waals surface area contributed by atoms with E-state index in [1.165, 1.54) is 54.7 Å². The number of hydrogen-bond donors (Lipinski definition) is 0. The maximum absolute atomic E-state index is 13.8. The van der Waals surface area contributed by atoms with E-state index in [4.69, 9.17) is 4.74 Å². The van der Waals surface area contributed by atoms with Crippen LogP contribution in [0.15, 0.2) is 21.0 Å². The summed E-state index contributed by atoms with van der Waals surface area (Å²) in [7, 11) is -12.4. The van der Waals surface area contributed by atoms with Crippen LogP contribution in [0, 0.1) is 6.92 Å². The molecule has 12 nitrogen and oxygen atoms in total. The van der Waals surface area contributed by atoms with E-state index in [-0.39, 0.29) is 26.4 Å². The zero-order chi connectivity index (χ0) is 28.7. The summed E-state index contributed by atoms with van der Waals surface area (Å²) in [5.74, 6) is -1.18. The number of aromatic nitrogens is 3. The Morgan fingerprint density at radius 3 is 1.92 bits per heavy atom. The number of rotatable bonds is 5. The van der Waals surface area contributed by atoms with Gasteiger partial charge in [0.1, 0.15) is 10.6 Å². The van der Waals surface area contributed by atoms with E-state index >= 15 is 0 Å². The normalized spacial score (nSPS) is 16.4. The largest absolute Gasteiger partial charge is 0.496 e. The Morgan fingerprint density at radius 2 is 1.49 bits per heavy atom. The van der Waals surface area contributed by atoms with Gasteiger partial charge in [0.15, 0.2) is 0 Å². The number of carbonyl (C=O) groups is 1. The fourth-order valence-corrected chi connectivity index (χ4v) is 8.39. The van der Waals surface area contributed by atoms with Gasteiger partial charge >= 0.3 is 0 Å². The average Bonchev–Trinajstić information content (AvgIpc) is 3.23. The summed E-state index contributed by atoms with van der Waals surface area (Å²) in [5.41, 5.74) is 0.773. The fourth-order valence-electron chi connectivity index (χ4n) is 3.94. The van der Waals surface area contributed by atoms with Crippen LogP contribution >= 0.6 is 0 Å². The molecule has 2 heterocycles. The van der Waals surface area contributed by atoms with Crippen molar-refractivity contribution in [2.45, 2.75) is 92.7 Å². The smallest absolute Gasteiger partial charge is 0.290 e. The third-order valence-electron chi connectivity index (χ3n) is 6.12. The molecule has 0 bridgehead atoms. The van der Waals surface area contributed by atoms with Crippen molar-refractivity contribution in [3.63, 3.8) is 0 Å². The van der Waals surface area contributed by atoms with E-state index in [0.29, 0.717) is 11.1 Å². The zero-order valence-electron chi connectivity index (χ0n) is 22.4. The summed E-state index contributed by atoms with van der Waals surface area (Å²) in [6.07, 6.45) is 0. The molecule has 2 aromatic rings. The van der Waals surface area contributed by atoms with Crippen LogP contribution in [-0.2, 0) is 29.7 Å². The van der Waals surface area contributed by atoms with Crippen molar-refractivity contribution in [3.8, 4) is 5.75 Å². The molecular formula is C22H32N4O8S3. The number of sulfonamides is 1. The first-order valence-corrected chi connectivity index (χ1v) is 15.7. The minimum atomic E-state index is -4.74. The molecule has 1 aromatic carbocycles. The lowest BCUT2D eigenvalue weighted by Crippen LogP contribution is -2.44. The molecule has 0 radical (unpaired) electrons. The quantitative estimate of drug-likeness (QED) is 0.516. The molecule has 0 atom stereocenters. The molecule has 1 aliphatic heterocycles.